The van der Waals surface area contributed by atoms with Crippen molar-refractivity contribution in [3.8, 4) is 0 Å². The third kappa shape index (κ3) is 4.72. The van der Waals surface area contributed by atoms with Gasteiger partial charge in [-0.3, -0.25) is 4.79 Å². The number of hydrogen-bond donors (Lipinski definition) is 0. The number of azide groups is 1. The predicted octanol–water partition coefficient (Wildman–Crippen LogP) is 4.45. The van der Waals surface area contributed by atoms with Crippen LogP contribution in [0, 0.1) is 0 Å². The van der Waals surface area contributed by atoms with Crippen LogP contribution in [0.1, 0.15) is 22.2 Å². The molecule has 2 aromatic rings. The summed E-state index contributed by atoms with van der Waals surface area (Å²) in [4.78, 5) is 29.5. The van der Waals surface area contributed by atoms with Crippen molar-refractivity contribution in [1.82, 2.24) is 4.90 Å². The van der Waals surface area contributed by atoms with Crippen LogP contribution in [0.5, 0.6) is 0 Å². The number of esters is 1. The van der Waals surface area contributed by atoms with Crippen LogP contribution in [0.4, 0.5) is 5.69 Å². The van der Waals surface area contributed by atoms with Gasteiger partial charge in [-0.1, -0.05) is 41.5 Å². The number of rotatable bonds is 8. The van der Waals surface area contributed by atoms with Gasteiger partial charge in [0, 0.05) is 11.5 Å². The van der Waals surface area contributed by atoms with Crippen molar-refractivity contribution in [2.24, 2.45) is 5.11 Å². The van der Waals surface area contributed by atoms with Crippen LogP contribution >= 0.6 is 11.3 Å². The first-order valence-corrected chi connectivity index (χ1v) is 8.71. The van der Waals surface area contributed by atoms with Gasteiger partial charge in [-0.2, -0.15) is 0 Å². The molecule has 0 N–H and O–H groups in total. The van der Waals surface area contributed by atoms with E-state index in [0.29, 0.717) is 0 Å². The number of amides is 1. The topological polar surface area (TPSA) is 95.4 Å². The molecule has 0 fully saturated rings. The zero-order chi connectivity index (χ0) is 18.9. The first-order chi connectivity index (χ1) is 12.6. The minimum absolute atomic E-state index is 0.128. The van der Waals surface area contributed by atoms with E-state index in [4.69, 9.17) is 10.3 Å². The zero-order valence-electron chi connectivity index (χ0n) is 14.2. The van der Waals surface area contributed by atoms with Crippen molar-refractivity contribution < 1.29 is 14.3 Å². The van der Waals surface area contributed by atoms with Crippen LogP contribution in [0.25, 0.3) is 10.4 Å². The molecule has 0 spiro atoms. The van der Waals surface area contributed by atoms with Crippen molar-refractivity contribution in [3.63, 3.8) is 0 Å². The Morgan fingerprint density at radius 3 is 2.77 bits per heavy atom. The molecule has 2 rings (SSSR count). The lowest BCUT2D eigenvalue weighted by Crippen LogP contribution is -2.43. The number of carbonyl (C=O) groups excluding carboxylic acids is 2. The quantitative estimate of drug-likeness (QED) is 0.226. The van der Waals surface area contributed by atoms with Gasteiger partial charge < -0.3 is 9.64 Å². The monoisotopic (exact) mass is 370 g/mol. The molecule has 7 nitrogen and oxygen atoms in total. The Balaban J connectivity index is 2.12. The van der Waals surface area contributed by atoms with Crippen molar-refractivity contribution in [3.05, 3.63) is 75.3 Å². The molecule has 0 aliphatic carbocycles. The van der Waals surface area contributed by atoms with E-state index in [-0.39, 0.29) is 23.7 Å². The molecule has 1 amide bonds. The SMILES string of the molecule is C=CCN(C(=O)c1sccc1N=[N+]=[N-])[C@@H](C)C(=O)OCc1ccccc1. The number of thiophene rings is 1. The van der Waals surface area contributed by atoms with Gasteiger partial charge in [0.05, 0.1) is 5.69 Å². The largest absolute Gasteiger partial charge is 0.459 e. The van der Waals surface area contributed by atoms with Gasteiger partial charge in [-0.15, -0.1) is 17.9 Å². The highest BCUT2D eigenvalue weighted by Gasteiger charge is 2.29. The van der Waals surface area contributed by atoms with Crippen LogP contribution in [0.15, 0.2) is 59.5 Å². The summed E-state index contributed by atoms with van der Waals surface area (Å²) >= 11 is 1.15. The summed E-state index contributed by atoms with van der Waals surface area (Å²) < 4.78 is 5.32. The lowest BCUT2D eigenvalue weighted by molar-refractivity contribution is -0.149. The van der Waals surface area contributed by atoms with Crippen molar-refractivity contribution >= 4 is 28.9 Å². The molecule has 0 saturated heterocycles. The molecular formula is C18H18N4O3S. The lowest BCUT2D eigenvalue weighted by atomic mass is 10.2. The van der Waals surface area contributed by atoms with Crippen LogP contribution in [0.3, 0.4) is 0 Å². The van der Waals surface area contributed by atoms with E-state index in [1.54, 1.807) is 18.4 Å². The first-order valence-electron chi connectivity index (χ1n) is 7.83. The second-order valence-corrected chi connectivity index (χ2v) is 6.26. The van der Waals surface area contributed by atoms with Gasteiger partial charge in [0.15, 0.2) is 0 Å². The average Bonchev–Trinajstić information content (AvgIpc) is 3.12. The van der Waals surface area contributed by atoms with Gasteiger partial charge in [0.25, 0.3) is 5.91 Å². The molecule has 1 heterocycles. The van der Waals surface area contributed by atoms with Gasteiger partial charge in [0.2, 0.25) is 0 Å². The fourth-order valence-corrected chi connectivity index (χ4v) is 3.03. The Bertz CT molecular complexity index is 828. The molecule has 0 saturated carbocycles. The number of ether oxygens (including phenoxy) is 1. The van der Waals surface area contributed by atoms with E-state index in [0.717, 1.165) is 16.9 Å². The standard InChI is InChI=1S/C18H18N4O3S/c1-3-10-22(17(23)16-15(20-21-19)9-11-26-16)13(2)18(24)25-12-14-7-5-4-6-8-14/h3-9,11,13H,1,10,12H2,2H3/t13-/m0/s1. The van der Waals surface area contributed by atoms with Gasteiger partial charge >= 0.3 is 5.97 Å². The molecule has 0 aliphatic heterocycles. The third-order valence-corrected chi connectivity index (χ3v) is 4.50. The summed E-state index contributed by atoms with van der Waals surface area (Å²) in [5.74, 6) is -0.933. The summed E-state index contributed by atoms with van der Waals surface area (Å²) in [5, 5.41) is 5.17. The molecule has 0 radical (unpaired) electrons. The highest BCUT2D eigenvalue weighted by atomic mass is 32.1. The van der Waals surface area contributed by atoms with Crippen molar-refractivity contribution in [1.29, 1.82) is 0 Å². The van der Waals surface area contributed by atoms with Crippen LogP contribution in [-0.4, -0.2) is 29.4 Å². The maximum Gasteiger partial charge on any atom is 0.328 e. The van der Waals surface area contributed by atoms with E-state index >= 15 is 0 Å². The third-order valence-electron chi connectivity index (χ3n) is 3.61. The summed E-state index contributed by atoms with van der Waals surface area (Å²) in [7, 11) is 0. The Hall–Kier alpha value is -3.09. The Morgan fingerprint density at radius 1 is 1.38 bits per heavy atom. The second kappa shape index (κ2) is 9.41. The zero-order valence-corrected chi connectivity index (χ0v) is 15.1. The van der Waals surface area contributed by atoms with Gasteiger partial charge in [-0.25, -0.2) is 4.79 Å². The highest BCUT2D eigenvalue weighted by molar-refractivity contribution is 7.12. The highest BCUT2D eigenvalue weighted by Crippen LogP contribution is 2.27. The Morgan fingerprint density at radius 2 is 2.12 bits per heavy atom. The maximum atomic E-state index is 12.8. The van der Waals surface area contributed by atoms with Gasteiger partial charge in [0.1, 0.15) is 17.5 Å². The van der Waals surface area contributed by atoms with E-state index in [1.807, 2.05) is 30.3 Å². The number of carbonyl (C=O) groups is 2. The summed E-state index contributed by atoms with van der Waals surface area (Å²) in [6, 6.07) is 10.0. The fourth-order valence-electron chi connectivity index (χ4n) is 2.25. The smallest absolute Gasteiger partial charge is 0.328 e. The van der Waals surface area contributed by atoms with Gasteiger partial charge in [-0.05, 0) is 29.5 Å². The minimum atomic E-state index is -0.815. The second-order valence-electron chi connectivity index (χ2n) is 5.34. The number of benzene rings is 1. The predicted molar refractivity (Wildman–Crippen MR) is 100 cm³/mol. The Kier molecular flexibility index (Phi) is 6.96. The molecule has 134 valence electrons. The van der Waals surface area contributed by atoms with Crippen molar-refractivity contribution in [2.45, 2.75) is 19.6 Å². The molecule has 0 bridgehead atoms. The normalized spacial score (nSPS) is 11.1. The van der Waals surface area contributed by atoms with E-state index in [9.17, 15) is 9.59 Å². The van der Waals surface area contributed by atoms with Crippen molar-refractivity contribution in [2.75, 3.05) is 6.54 Å². The van der Waals surface area contributed by atoms with Crippen LogP contribution in [-0.2, 0) is 16.1 Å². The first kappa shape index (κ1) is 19.2. The van der Waals surface area contributed by atoms with Crippen LogP contribution < -0.4 is 0 Å². The van der Waals surface area contributed by atoms with E-state index in [1.165, 1.54) is 11.0 Å². The molecule has 1 atom stereocenters. The lowest BCUT2D eigenvalue weighted by Gasteiger charge is -2.26. The number of nitrogens with zero attached hydrogens (tertiary/aromatic N) is 4. The van der Waals surface area contributed by atoms with E-state index < -0.39 is 17.9 Å². The summed E-state index contributed by atoms with van der Waals surface area (Å²) in [5.41, 5.74) is 9.71. The molecule has 0 unspecified atom stereocenters. The van der Waals surface area contributed by atoms with E-state index in [2.05, 4.69) is 16.6 Å². The summed E-state index contributed by atoms with van der Waals surface area (Å²) in [6.07, 6.45) is 1.53. The maximum absolute atomic E-state index is 12.8. The minimum Gasteiger partial charge on any atom is -0.459 e. The molecular weight excluding hydrogens is 352 g/mol. The average molecular weight is 370 g/mol. The Labute approximate surface area is 155 Å². The number of hydrogen-bond acceptors (Lipinski definition) is 5. The molecule has 1 aromatic carbocycles. The molecule has 1 aromatic heterocycles. The molecule has 0 aliphatic rings. The molecule has 26 heavy (non-hydrogen) atoms. The summed E-state index contributed by atoms with van der Waals surface area (Å²) in [6.45, 7) is 5.52. The van der Waals surface area contributed by atoms with Crippen LogP contribution in [0.2, 0.25) is 0 Å². The fraction of sp³-hybridized carbons (Fsp3) is 0.222. The molecule has 8 heteroatoms.